The number of fused-ring (bicyclic) bond motifs is 1. The molecule has 1 saturated heterocycles. The van der Waals surface area contributed by atoms with Crippen LogP contribution < -0.4 is 5.32 Å². The highest BCUT2D eigenvalue weighted by Gasteiger charge is 2.27. The Kier molecular flexibility index (Phi) is 3.31. The van der Waals surface area contributed by atoms with E-state index in [1.165, 1.54) is 17.1 Å². The van der Waals surface area contributed by atoms with E-state index in [0.29, 0.717) is 6.04 Å². The Bertz CT molecular complexity index is 577. The molecule has 1 aromatic carbocycles. The molecule has 1 aliphatic heterocycles. The average Bonchev–Trinajstić information content (AvgIpc) is 2.79. The van der Waals surface area contributed by atoms with E-state index < -0.39 is 0 Å². The maximum absolute atomic E-state index is 4.89. The van der Waals surface area contributed by atoms with Gasteiger partial charge in [-0.15, -0.1) is 0 Å². The lowest BCUT2D eigenvalue weighted by molar-refractivity contribution is 0.376. The number of rotatable bonds is 1. The molecule has 4 heteroatoms. The van der Waals surface area contributed by atoms with E-state index in [1.54, 1.807) is 0 Å². The van der Waals surface area contributed by atoms with Gasteiger partial charge in [0.25, 0.3) is 0 Å². The van der Waals surface area contributed by atoms with Crippen LogP contribution in [0.5, 0.6) is 0 Å². The predicted molar refractivity (Wildman–Crippen MR) is 82.8 cm³/mol. The van der Waals surface area contributed by atoms with Crippen LogP contribution in [0.2, 0.25) is 0 Å². The third kappa shape index (κ3) is 2.39. The van der Waals surface area contributed by atoms with Gasteiger partial charge in [0, 0.05) is 23.6 Å². The zero-order valence-corrected chi connectivity index (χ0v) is 12.6. The molecule has 0 radical (unpaired) electrons. The lowest BCUT2D eigenvalue weighted by atomic mass is 10.1. The van der Waals surface area contributed by atoms with Crippen molar-refractivity contribution in [3.8, 4) is 0 Å². The second kappa shape index (κ2) is 4.84. The molecule has 0 amide bonds. The summed E-state index contributed by atoms with van der Waals surface area (Å²) < 4.78 is 2.39. The van der Waals surface area contributed by atoms with E-state index in [-0.39, 0.29) is 5.54 Å². The highest BCUT2D eigenvalue weighted by atomic mass is 32.2. The van der Waals surface area contributed by atoms with Crippen LogP contribution in [0.3, 0.4) is 0 Å². The molecule has 19 heavy (non-hydrogen) atoms. The summed E-state index contributed by atoms with van der Waals surface area (Å²) >= 11 is 2.01. The van der Waals surface area contributed by atoms with Crippen molar-refractivity contribution in [2.75, 3.05) is 18.1 Å². The number of benzene rings is 1. The molecule has 0 aliphatic carbocycles. The fraction of sp³-hybridized carbons (Fsp3) is 0.533. The van der Waals surface area contributed by atoms with Gasteiger partial charge >= 0.3 is 0 Å². The van der Waals surface area contributed by atoms with Crippen molar-refractivity contribution in [1.82, 2.24) is 14.9 Å². The van der Waals surface area contributed by atoms with Gasteiger partial charge < -0.3 is 9.88 Å². The molecular weight excluding hydrogens is 254 g/mol. The maximum Gasteiger partial charge on any atom is 0.128 e. The second-order valence-electron chi connectivity index (χ2n) is 6.05. The minimum absolute atomic E-state index is 0.0508. The minimum atomic E-state index is 0.0508. The summed E-state index contributed by atoms with van der Waals surface area (Å²) in [4.78, 5) is 4.89. The molecule has 1 fully saturated rings. The summed E-state index contributed by atoms with van der Waals surface area (Å²) in [6.07, 6.45) is 0. The van der Waals surface area contributed by atoms with Gasteiger partial charge in [-0.3, -0.25) is 0 Å². The van der Waals surface area contributed by atoms with Crippen LogP contribution in [0.4, 0.5) is 0 Å². The van der Waals surface area contributed by atoms with Crippen molar-refractivity contribution >= 4 is 22.8 Å². The number of nitrogens with one attached hydrogen (secondary N) is 1. The van der Waals surface area contributed by atoms with Crippen molar-refractivity contribution in [2.24, 2.45) is 0 Å². The molecule has 0 spiro atoms. The molecule has 3 nitrogen and oxygen atoms in total. The maximum atomic E-state index is 4.89. The zero-order valence-electron chi connectivity index (χ0n) is 11.8. The SMILES string of the molecule is CC(C)(C)n1c(C2CSCCN2)nc2ccccc21. The first-order valence-corrected chi connectivity index (χ1v) is 8.02. The van der Waals surface area contributed by atoms with Crippen LogP contribution in [0, 0.1) is 0 Å². The smallest absolute Gasteiger partial charge is 0.128 e. The van der Waals surface area contributed by atoms with Crippen molar-refractivity contribution in [3.63, 3.8) is 0 Å². The molecule has 1 aliphatic rings. The van der Waals surface area contributed by atoms with E-state index in [1.807, 2.05) is 11.8 Å². The van der Waals surface area contributed by atoms with Gasteiger partial charge in [-0.05, 0) is 32.9 Å². The predicted octanol–water partition coefficient (Wildman–Crippen LogP) is 3.17. The summed E-state index contributed by atoms with van der Waals surface area (Å²) in [5.41, 5.74) is 2.39. The van der Waals surface area contributed by atoms with E-state index in [4.69, 9.17) is 4.98 Å². The standard InChI is InChI=1S/C15H21N3S/c1-15(2,3)18-13-7-5-4-6-11(13)17-14(18)12-10-19-9-8-16-12/h4-7,12,16H,8-10H2,1-3H3. The Morgan fingerprint density at radius 1 is 1.32 bits per heavy atom. The first-order chi connectivity index (χ1) is 9.07. The molecule has 1 atom stereocenters. The third-order valence-corrected chi connectivity index (χ3v) is 4.55. The Morgan fingerprint density at radius 3 is 2.79 bits per heavy atom. The van der Waals surface area contributed by atoms with Crippen molar-refractivity contribution in [2.45, 2.75) is 32.4 Å². The number of imidazole rings is 1. The Balaban J connectivity index is 2.17. The Morgan fingerprint density at radius 2 is 2.11 bits per heavy atom. The van der Waals surface area contributed by atoms with Crippen LogP contribution in [-0.2, 0) is 5.54 Å². The number of hydrogen-bond acceptors (Lipinski definition) is 3. The summed E-state index contributed by atoms with van der Waals surface area (Å²) in [7, 11) is 0. The lowest BCUT2D eigenvalue weighted by Crippen LogP contribution is -2.35. The normalized spacial score (nSPS) is 20.9. The summed E-state index contributed by atoms with van der Waals surface area (Å²) in [6, 6.07) is 8.81. The van der Waals surface area contributed by atoms with Gasteiger partial charge in [0.2, 0.25) is 0 Å². The quantitative estimate of drug-likeness (QED) is 0.867. The van der Waals surface area contributed by atoms with Gasteiger partial charge in [0.05, 0.1) is 17.1 Å². The first kappa shape index (κ1) is 13.0. The molecule has 0 saturated carbocycles. The average molecular weight is 275 g/mol. The fourth-order valence-corrected chi connectivity index (χ4v) is 3.65. The molecular formula is C15H21N3S. The molecule has 1 aromatic heterocycles. The van der Waals surface area contributed by atoms with Crippen molar-refractivity contribution in [1.29, 1.82) is 0 Å². The van der Waals surface area contributed by atoms with Crippen molar-refractivity contribution in [3.05, 3.63) is 30.1 Å². The lowest BCUT2D eigenvalue weighted by Gasteiger charge is -2.29. The Hall–Kier alpha value is -1.00. The molecule has 102 valence electrons. The summed E-state index contributed by atoms with van der Waals surface area (Å²) in [6.45, 7) is 7.82. The van der Waals surface area contributed by atoms with Gasteiger partial charge in [0.1, 0.15) is 5.82 Å². The highest BCUT2D eigenvalue weighted by Crippen LogP contribution is 2.30. The number of thioether (sulfide) groups is 1. The number of para-hydroxylation sites is 2. The molecule has 1 N–H and O–H groups in total. The molecule has 3 rings (SSSR count). The van der Waals surface area contributed by atoms with E-state index >= 15 is 0 Å². The van der Waals surface area contributed by atoms with Crippen LogP contribution in [0.1, 0.15) is 32.6 Å². The van der Waals surface area contributed by atoms with Gasteiger partial charge in [-0.2, -0.15) is 11.8 Å². The van der Waals surface area contributed by atoms with Gasteiger partial charge in [-0.25, -0.2) is 4.98 Å². The van der Waals surface area contributed by atoms with Crippen LogP contribution in [0.25, 0.3) is 11.0 Å². The molecule has 2 aromatic rings. The number of aromatic nitrogens is 2. The largest absolute Gasteiger partial charge is 0.321 e. The van der Waals surface area contributed by atoms with Gasteiger partial charge in [-0.1, -0.05) is 12.1 Å². The fourth-order valence-electron chi connectivity index (χ4n) is 2.71. The van der Waals surface area contributed by atoms with E-state index in [0.717, 1.165) is 17.8 Å². The molecule has 1 unspecified atom stereocenters. The topological polar surface area (TPSA) is 29.9 Å². The molecule has 0 bridgehead atoms. The Labute approximate surface area is 118 Å². The molecule has 2 heterocycles. The number of nitrogens with zero attached hydrogens (tertiary/aromatic N) is 2. The van der Waals surface area contributed by atoms with Crippen LogP contribution >= 0.6 is 11.8 Å². The van der Waals surface area contributed by atoms with Gasteiger partial charge in [0.15, 0.2) is 0 Å². The highest BCUT2D eigenvalue weighted by molar-refractivity contribution is 7.99. The zero-order chi connectivity index (χ0) is 13.5. The third-order valence-electron chi connectivity index (χ3n) is 3.49. The second-order valence-corrected chi connectivity index (χ2v) is 7.20. The summed E-state index contributed by atoms with van der Waals surface area (Å²) in [5, 5.41) is 3.60. The van der Waals surface area contributed by atoms with Crippen LogP contribution in [0.15, 0.2) is 24.3 Å². The number of hydrogen-bond donors (Lipinski definition) is 1. The van der Waals surface area contributed by atoms with E-state index in [2.05, 4.69) is 54.9 Å². The van der Waals surface area contributed by atoms with Crippen LogP contribution in [-0.4, -0.2) is 27.6 Å². The first-order valence-electron chi connectivity index (χ1n) is 6.86. The van der Waals surface area contributed by atoms with E-state index in [9.17, 15) is 0 Å². The minimum Gasteiger partial charge on any atom is -0.321 e. The monoisotopic (exact) mass is 275 g/mol. The van der Waals surface area contributed by atoms with Crippen molar-refractivity contribution < 1.29 is 0 Å². The summed E-state index contributed by atoms with van der Waals surface area (Å²) in [5.74, 6) is 3.49.